The largest absolute Gasteiger partial charge is 0.472 e. The molecule has 30 heavy (non-hydrogen) atoms. The molecule has 1 saturated carbocycles. The molecule has 0 radical (unpaired) electrons. The van der Waals surface area contributed by atoms with E-state index in [0.29, 0.717) is 31.3 Å². The number of carbonyl (C=O) groups is 2. The molecule has 2 aromatic rings. The number of nitrogens with zero attached hydrogens (tertiary/aromatic N) is 2. The first-order valence-electron chi connectivity index (χ1n) is 11.0. The van der Waals surface area contributed by atoms with Crippen LogP contribution in [0.15, 0.2) is 53.3 Å². The molecule has 0 bridgehead atoms. The highest BCUT2D eigenvalue weighted by Crippen LogP contribution is 2.40. The number of hydrogen-bond donors (Lipinski definition) is 0. The van der Waals surface area contributed by atoms with E-state index in [9.17, 15) is 9.59 Å². The van der Waals surface area contributed by atoms with Gasteiger partial charge in [0.05, 0.1) is 17.4 Å². The molecule has 5 rings (SSSR count). The third-order valence-electron chi connectivity index (χ3n) is 6.79. The lowest BCUT2D eigenvalue weighted by Gasteiger charge is -2.48. The molecule has 1 unspecified atom stereocenters. The van der Waals surface area contributed by atoms with Crippen LogP contribution < -0.4 is 0 Å². The normalized spacial score (nSPS) is 23.3. The first-order valence-corrected chi connectivity index (χ1v) is 11.0. The Morgan fingerprint density at radius 1 is 0.967 bits per heavy atom. The summed E-state index contributed by atoms with van der Waals surface area (Å²) in [5, 5.41) is 0. The van der Waals surface area contributed by atoms with E-state index < -0.39 is 0 Å². The summed E-state index contributed by atoms with van der Waals surface area (Å²) in [4.78, 5) is 29.9. The number of piperidine rings is 1. The standard InChI is InChI=1S/C24H28N2O4/c27-22(19-8-14-29-17-19)25-12-10-24(11-13-25)16-21(9-15-30-24)26(20-6-7-20)23(28)18-4-2-1-3-5-18/h1-5,8,14,17,20-21H,6-7,9-13,15-16H2. The third kappa shape index (κ3) is 3.76. The Morgan fingerprint density at radius 2 is 1.73 bits per heavy atom. The van der Waals surface area contributed by atoms with Crippen LogP contribution in [0.1, 0.15) is 59.2 Å². The summed E-state index contributed by atoms with van der Waals surface area (Å²) in [5.74, 6) is 0.164. The van der Waals surface area contributed by atoms with Crippen molar-refractivity contribution >= 4 is 11.8 Å². The molecule has 2 aliphatic heterocycles. The average molecular weight is 408 g/mol. The molecular formula is C24H28N2O4. The number of ether oxygens (including phenoxy) is 1. The van der Waals surface area contributed by atoms with Gasteiger partial charge in [-0.15, -0.1) is 0 Å². The van der Waals surface area contributed by atoms with Crippen LogP contribution in [-0.4, -0.2) is 59.0 Å². The van der Waals surface area contributed by atoms with E-state index in [1.54, 1.807) is 6.07 Å². The third-order valence-corrected chi connectivity index (χ3v) is 6.79. The maximum atomic E-state index is 13.3. The zero-order valence-corrected chi connectivity index (χ0v) is 17.2. The molecule has 1 aromatic carbocycles. The van der Waals surface area contributed by atoms with Crippen molar-refractivity contribution in [3.8, 4) is 0 Å². The molecule has 158 valence electrons. The summed E-state index contributed by atoms with van der Waals surface area (Å²) >= 11 is 0. The van der Waals surface area contributed by atoms with E-state index in [2.05, 4.69) is 4.90 Å². The Bertz CT molecular complexity index is 883. The Kier molecular flexibility index (Phi) is 5.11. The van der Waals surface area contributed by atoms with Gasteiger partial charge in [-0.25, -0.2) is 0 Å². The Morgan fingerprint density at radius 3 is 2.40 bits per heavy atom. The summed E-state index contributed by atoms with van der Waals surface area (Å²) in [7, 11) is 0. The van der Waals surface area contributed by atoms with Crippen LogP contribution in [0.5, 0.6) is 0 Å². The monoisotopic (exact) mass is 408 g/mol. The zero-order chi connectivity index (χ0) is 20.6. The first kappa shape index (κ1) is 19.4. The molecular weight excluding hydrogens is 380 g/mol. The topological polar surface area (TPSA) is 63.0 Å². The second kappa shape index (κ2) is 7.91. The molecule has 6 heteroatoms. The van der Waals surface area contributed by atoms with Gasteiger partial charge in [0.2, 0.25) is 0 Å². The molecule has 3 fully saturated rings. The number of furan rings is 1. The van der Waals surface area contributed by atoms with Gasteiger partial charge in [-0.3, -0.25) is 9.59 Å². The van der Waals surface area contributed by atoms with Gasteiger partial charge in [-0.05, 0) is 56.7 Å². The summed E-state index contributed by atoms with van der Waals surface area (Å²) < 4.78 is 11.4. The van der Waals surface area contributed by atoms with Crippen molar-refractivity contribution in [2.75, 3.05) is 19.7 Å². The van der Waals surface area contributed by atoms with Gasteiger partial charge in [0.15, 0.2) is 0 Å². The Balaban J connectivity index is 1.27. The van der Waals surface area contributed by atoms with E-state index in [-0.39, 0.29) is 23.5 Å². The highest BCUT2D eigenvalue weighted by atomic mass is 16.5. The van der Waals surface area contributed by atoms with Crippen LogP contribution in [-0.2, 0) is 4.74 Å². The van der Waals surface area contributed by atoms with Crippen LogP contribution in [0.2, 0.25) is 0 Å². The van der Waals surface area contributed by atoms with Crippen molar-refractivity contribution in [1.29, 1.82) is 0 Å². The predicted molar refractivity (Wildman–Crippen MR) is 111 cm³/mol. The molecule has 6 nitrogen and oxygen atoms in total. The molecule has 2 saturated heterocycles. The van der Waals surface area contributed by atoms with Crippen molar-refractivity contribution in [2.24, 2.45) is 0 Å². The second-order valence-corrected chi connectivity index (χ2v) is 8.79. The van der Waals surface area contributed by atoms with Gasteiger partial charge in [0.1, 0.15) is 6.26 Å². The van der Waals surface area contributed by atoms with Crippen molar-refractivity contribution in [1.82, 2.24) is 9.80 Å². The summed E-state index contributed by atoms with van der Waals surface area (Å²) in [6.45, 7) is 2.02. The second-order valence-electron chi connectivity index (χ2n) is 8.79. The SMILES string of the molecule is O=C(c1ccoc1)N1CCC2(CC1)CC(N(C(=O)c1ccccc1)C1CC1)CCO2. The summed E-state index contributed by atoms with van der Waals surface area (Å²) in [6, 6.07) is 11.9. The summed E-state index contributed by atoms with van der Waals surface area (Å²) in [5.41, 5.74) is 1.13. The van der Waals surface area contributed by atoms with Crippen LogP contribution in [0.4, 0.5) is 0 Å². The molecule has 1 aromatic heterocycles. The van der Waals surface area contributed by atoms with Gasteiger partial charge in [-0.2, -0.15) is 0 Å². The predicted octanol–water partition coefficient (Wildman–Crippen LogP) is 3.74. The van der Waals surface area contributed by atoms with Crippen LogP contribution in [0.3, 0.4) is 0 Å². The maximum Gasteiger partial charge on any atom is 0.257 e. The summed E-state index contributed by atoms with van der Waals surface area (Å²) in [6.07, 6.45) is 8.58. The molecule has 1 aliphatic carbocycles. The lowest BCUT2D eigenvalue weighted by Crippen LogP contribution is -2.55. The molecule has 2 amide bonds. The van der Waals surface area contributed by atoms with Crippen molar-refractivity contribution < 1.29 is 18.7 Å². The quantitative estimate of drug-likeness (QED) is 0.773. The molecule has 0 N–H and O–H groups in total. The maximum absolute atomic E-state index is 13.3. The lowest BCUT2D eigenvalue weighted by atomic mass is 9.81. The first-order chi connectivity index (χ1) is 14.7. The lowest BCUT2D eigenvalue weighted by molar-refractivity contribution is -0.126. The Hall–Kier alpha value is -2.60. The fraction of sp³-hybridized carbons (Fsp3) is 0.500. The average Bonchev–Trinajstić information content (AvgIpc) is 3.46. The van der Waals surface area contributed by atoms with Gasteiger partial charge in [-0.1, -0.05) is 18.2 Å². The highest BCUT2D eigenvalue weighted by molar-refractivity contribution is 5.95. The van der Waals surface area contributed by atoms with E-state index in [4.69, 9.17) is 9.15 Å². The van der Waals surface area contributed by atoms with Crippen molar-refractivity contribution in [3.63, 3.8) is 0 Å². The Labute approximate surface area is 176 Å². The van der Waals surface area contributed by atoms with Gasteiger partial charge >= 0.3 is 0 Å². The van der Waals surface area contributed by atoms with Gasteiger partial charge in [0, 0.05) is 37.3 Å². The van der Waals surface area contributed by atoms with E-state index in [1.807, 2.05) is 35.2 Å². The van der Waals surface area contributed by atoms with E-state index in [0.717, 1.165) is 44.1 Å². The zero-order valence-electron chi connectivity index (χ0n) is 17.2. The molecule has 3 aliphatic rings. The number of hydrogen-bond acceptors (Lipinski definition) is 4. The number of amides is 2. The van der Waals surface area contributed by atoms with Crippen LogP contribution in [0, 0.1) is 0 Å². The number of rotatable bonds is 4. The van der Waals surface area contributed by atoms with Crippen molar-refractivity contribution in [3.05, 3.63) is 60.1 Å². The fourth-order valence-electron chi connectivity index (χ4n) is 4.99. The minimum absolute atomic E-state index is 0.0184. The highest BCUT2D eigenvalue weighted by Gasteiger charge is 2.46. The molecule has 3 heterocycles. The number of benzene rings is 1. The minimum atomic E-state index is -0.236. The fourth-order valence-corrected chi connectivity index (χ4v) is 4.99. The molecule has 1 spiro atoms. The smallest absolute Gasteiger partial charge is 0.257 e. The van der Waals surface area contributed by atoms with Crippen LogP contribution >= 0.6 is 0 Å². The number of likely N-dealkylation sites (tertiary alicyclic amines) is 1. The minimum Gasteiger partial charge on any atom is -0.472 e. The van der Waals surface area contributed by atoms with Gasteiger partial charge in [0.25, 0.3) is 11.8 Å². The van der Waals surface area contributed by atoms with Crippen molar-refractivity contribution in [2.45, 2.75) is 56.2 Å². The molecule has 1 atom stereocenters. The number of carbonyl (C=O) groups excluding carboxylic acids is 2. The van der Waals surface area contributed by atoms with Crippen LogP contribution in [0.25, 0.3) is 0 Å². The van der Waals surface area contributed by atoms with E-state index >= 15 is 0 Å². The van der Waals surface area contributed by atoms with Gasteiger partial charge < -0.3 is 19.0 Å². The van der Waals surface area contributed by atoms with E-state index in [1.165, 1.54) is 12.5 Å².